The van der Waals surface area contributed by atoms with E-state index in [1.54, 1.807) is 44.6 Å². The summed E-state index contributed by atoms with van der Waals surface area (Å²) in [4.78, 5) is 11.9. The lowest BCUT2D eigenvalue weighted by Crippen LogP contribution is -2.23. The molecule has 144 valence electrons. The van der Waals surface area contributed by atoms with Crippen LogP contribution in [0.15, 0.2) is 42.5 Å². The number of benzene rings is 2. The van der Waals surface area contributed by atoms with Gasteiger partial charge in [-0.25, -0.2) is 4.39 Å². The van der Waals surface area contributed by atoms with Crippen molar-refractivity contribution < 1.29 is 18.7 Å². The number of rotatable bonds is 9. The first-order valence-corrected chi connectivity index (χ1v) is 9.77. The third-order valence-corrected chi connectivity index (χ3v) is 5.03. The maximum Gasteiger partial charge on any atom is 0.244 e. The van der Waals surface area contributed by atoms with E-state index in [0.29, 0.717) is 40.1 Å². The van der Waals surface area contributed by atoms with Crippen LogP contribution >= 0.6 is 23.4 Å². The van der Waals surface area contributed by atoms with Crippen molar-refractivity contribution in [3.8, 4) is 11.5 Å². The summed E-state index contributed by atoms with van der Waals surface area (Å²) in [6.45, 7) is 0.478. The van der Waals surface area contributed by atoms with E-state index in [0.717, 1.165) is 5.56 Å². The van der Waals surface area contributed by atoms with Crippen LogP contribution in [0.1, 0.15) is 11.1 Å². The van der Waals surface area contributed by atoms with Gasteiger partial charge in [0.1, 0.15) is 5.82 Å². The number of carbonyl (C=O) groups excluding carboxylic acids is 1. The zero-order chi connectivity index (χ0) is 19.6. The average Bonchev–Trinajstić information content (AvgIpc) is 2.67. The number of amides is 1. The molecule has 0 aliphatic carbocycles. The highest BCUT2D eigenvalue weighted by Gasteiger charge is 2.07. The number of ether oxygens (including phenoxy) is 2. The Morgan fingerprint density at radius 2 is 2.00 bits per heavy atom. The van der Waals surface area contributed by atoms with Gasteiger partial charge in [0.05, 0.1) is 14.2 Å². The largest absolute Gasteiger partial charge is 0.493 e. The van der Waals surface area contributed by atoms with Crippen molar-refractivity contribution >= 4 is 35.3 Å². The van der Waals surface area contributed by atoms with Crippen LogP contribution in [0.5, 0.6) is 11.5 Å². The molecular weight excluding hydrogens is 389 g/mol. The zero-order valence-electron chi connectivity index (χ0n) is 15.1. The normalized spacial score (nSPS) is 10.8. The van der Waals surface area contributed by atoms with Crippen LogP contribution < -0.4 is 14.8 Å². The highest BCUT2D eigenvalue weighted by Crippen LogP contribution is 2.28. The smallest absolute Gasteiger partial charge is 0.244 e. The maximum atomic E-state index is 13.7. The molecule has 0 aromatic heterocycles. The number of hydrogen-bond acceptors (Lipinski definition) is 4. The van der Waals surface area contributed by atoms with Gasteiger partial charge < -0.3 is 14.8 Å². The Balaban J connectivity index is 1.75. The van der Waals surface area contributed by atoms with Crippen molar-refractivity contribution in [3.05, 3.63) is 64.4 Å². The Labute approximate surface area is 167 Å². The molecule has 0 fully saturated rings. The second-order valence-corrected chi connectivity index (χ2v) is 7.00. The highest BCUT2D eigenvalue weighted by molar-refractivity contribution is 7.98. The van der Waals surface area contributed by atoms with Gasteiger partial charge in [-0.1, -0.05) is 23.7 Å². The molecule has 27 heavy (non-hydrogen) atoms. The Hall–Kier alpha value is -2.18. The molecule has 7 heteroatoms. The summed E-state index contributed by atoms with van der Waals surface area (Å²) in [5, 5.41) is 3.21. The van der Waals surface area contributed by atoms with Crippen LogP contribution in [-0.2, 0) is 10.5 Å². The monoisotopic (exact) mass is 409 g/mol. The molecular formula is C20H21ClFNO3S. The first-order valence-electron chi connectivity index (χ1n) is 8.23. The van der Waals surface area contributed by atoms with Gasteiger partial charge in [-0.3, -0.25) is 4.79 Å². The maximum absolute atomic E-state index is 13.7. The molecule has 0 saturated heterocycles. The van der Waals surface area contributed by atoms with E-state index in [1.807, 2.05) is 6.07 Å². The van der Waals surface area contributed by atoms with E-state index in [4.69, 9.17) is 21.1 Å². The molecule has 0 heterocycles. The SMILES string of the molecule is COc1ccc(/C=C/C(=O)NCCSCc2c(F)cccc2Cl)cc1OC. The van der Waals surface area contributed by atoms with Gasteiger partial charge in [0, 0.05) is 34.7 Å². The first kappa shape index (κ1) is 21.1. The topological polar surface area (TPSA) is 47.6 Å². The summed E-state index contributed by atoms with van der Waals surface area (Å²) in [5.74, 6) is 1.84. The van der Waals surface area contributed by atoms with E-state index >= 15 is 0 Å². The van der Waals surface area contributed by atoms with Crippen LogP contribution in [0.25, 0.3) is 6.08 Å². The number of nitrogens with one attached hydrogen (secondary N) is 1. The molecule has 1 N–H and O–H groups in total. The van der Waals surface area contributed by atoms with Crippen molar-refractivity contribution in [2.75, 3.05) is 26.5 Å². The summed E-state index contributed by atoms with van der Waals surface area (Å²) in [7, 11) is 3.13. The summed E-state index contributed by atoms with van der Waals surface area (Å²) in [6, 6.07) is 10.0. The van der Waals surface area contributed by atoms with Crippen molar-refractivity contribution in [1.29, 1.82) is 0 Å². The lowest BCUT2D eigenvalue weighted by Gasteiger charge is -2.07. The minimum Gasteiger partial charge on any atom is -0.493 e. The molecule has 0 atom stereocenters. The van der Waals surface area contributed by atoms with E-state index in [1.165, 1.54) is 23.9 Å². The molecule has 0 aliphatic heterocycles. The van der Waals surface area contributed by atoms with Gasteiger partial charge in [-0.2, -0.15) is 11.8 Å². The second kappa shape index (κ2) is 10.8. The molecule has 0 aliphatic rings. The van der Waals surface area contributed by atoms with E-state index in [9.17, 15) is 9.18 Å². The van der Waals surface area contributed by atoms with Gasteiger partial charge in [0.15, 0.2) is 11.5 Å². The van der Waals surface area contributed by atoms with E-state index in [-0.39, 0.29) is 11.7 Å². The Morgan fingerprint density at radius 1 is 1.22 bits per heavy atom. The fourth-order valence-corrected chi connectivity index (χ4v) is 3.48. The molecule has 1 amide bonds. The third kappa shape index (κ3) is 6.48. The van der Waals surface area contributed by atoms with Gasteiger partial charge >= 0.3 is 0 Å². The molecule has 0 spiro atoms. The van der Waals surface area contributed by atoms with E-state index < -0.39 is 0 Å². The van der Waals surface area contributed by atoms with Gasteiger partial charge in [-0.05, 0) is 35.9 Å². The molecule has 2 rings (SSSR count). The number of hydrogen-bond donors (Lipinski definition) is 1. The van der Waals surface area contributed by atoms with Crippen molar-refractivity contribution in [3.63, 3.8) is 0 Å². The number of carbonyl (C=O) groups is 1. The highest BCUT2D eigenvalue weighted by atomic mass is 35.5. The second-order valence-electron chi connectivity index (χ2n) is 5.49. The van der Waals surface area contributed by atoms with Gasteiger partial charge in [0.25, 0.3) is 0 Å². The van der Waals surface area contributed by atoms with Crippen LogP contribution in [0.4, 0.5) is 4.39 Å². The Kier molecular flexibility index (Phi) is 8.48. The standard InChI is InChI=1S/C20H21ClFNO3S/c1-25-18-8-6-14(12-19(18)26-2)7-9-20(24)23-10-11-27-13-15-16(21)4-3-5-17(15)22/h3-9,12H,10-11,13H2,1-2H3,(H,23,24)/b9-7+. The van der Waals surface area contributed by atoms with Crippen LogP contribution in [0.2, 0.25) is 5.02 Å². The van der Waals surface area contributed by atoms with Crippen LogP contribution in [0, 0.1) is 5.82 Å². The average molecular weight is 410 g/mol. The fraction of sp³-hybridized carbons (Fsp3) is 0.250. The third-order valence-electron chi connectivity index (χ3n) is 3.69. The van der Waals surface area contributed by atoms with Gasteiger partial charge in [-0.15, -0.1) is 0 Å². The zero-order valence-corrected chi connectivity index (χ0v) is 16.7. The van der Waals surface area contributed by atoms with Gasteiger partial charge in [0.2, 0.25) is 5.91 Å². The van der Waals surface area contributed by atoms with Crippen LogP contribution in [0.3, 0.4) is 0 Å². The summed E-state index contributed by atoms with van der Waals surface area (Å²) in [5.41, 5.74) is 1.32. The molecule has 4 nitrogen and oxygen atoms in total. The molecule has 0 bridgehead atoms. The van der Waals surface area contributed by atoms with Crippen molar-refractivity contribution in [2.24, 2.45) is 0 Å². The summed E-state index contributed by atoms with van der Waals surface area (Å²) in [6.07, 6.45) is 3.16. The molecule has 2 aromatic carbocycles. The molecule has 0 radical (unpaired) electrons. The first-order chi connectivity index (χ1) is 13.0. The quantitative estimate of drug-likeness (QED) is 0.487. The molecule has 2 aromatic rings. The van der Waals surface area contributed by atoms with Crippen LogP contribution in [-0.4, -0.2) is 32.4 Å². The Bertz CT molecular complexity index is 794. The minimum absolute atomic E-state index is 0.200. The minimum atomic E-state index is -0.308. The Morgan fingerprint density at radius 3 is 2.70 bits per heavy atom. The predicted octanol–water partition coefficient (Wildman–Crippen LogP) is 4.56. The summed E-state index contributed by atoms with van der Waals surface area (Å²) < 4.78 is 24.1. The fourth-order valence-electron chi connectivity index (χ4n) is 2.28. The van der Waals surface area contributed by atoms with Crippen molar-refractivity contribution in [2.45, 2.75) is 5.75 Å². The van der Waals surface area contributed by atoms with E-state index in [2.05, 4.69) is 5.32 Å². The lowest BCUT2D eigenvalue weighted by atomic mass is 10.2. The van der Waals surface area contributed by atoms with Crippen molar-refractivity contribution in [1.82, 2.24) is 5.32 Å². The lowest BCUT2D eigenvalue weighted by molar-refractivity contribution is -0.116. The predicted molar refractivity (Wildman–Crippen MR) is 109 cm³/mol. The molecule has 0 saturated carbocycles. The number of methoxy groups -OCH3 is 2. The molecule has 0 unspecified atom stereocenters. The number of halogens is 2. The number of thioether (sulfide) groups is 1. The summed E-state index contributed by atoms with van der Waals surface area (Å²) >= 11 is 7.49.